The van der Waals surface area contributed by atoms with Crippen molar-refractivity contribution >= 4 is 28.6 Å². The monoisotopic (exact) mass is 281 g/mol. The lowest BCUT2D eigenvalue weighted by Gasteiger charge is -2.10. The summed E-state index contributed by atoms with van der Waals surface area (Å²) in [7, 11) is 0. The van der Waals surface area contributed by atoms with Crippen LogP contribution >= 0.6 is 22.7 Å². The Balaban J connectivity index is 1.98. The average Bonchev–Trinajstić information content (AvgIpc) is 3.00. The molecule has 0 aliphatic carbocycles. The van der Waals surface area contributed by atoms with Crippen LogP contribution in [0.5, 0.6) is 0 Å². The fourth-order valence-electron chi connectivity index (χ4n) is 1.53. The van der Waals surface area contributed by atoms with Crippen LogP contribution in [0.25, 0.3) is 0 Å². The van der Waals surface area contributed by atoms with Crippen molar-refractivity contribution in [1.29, 1.82) is 0 Å². The number of carbonyl (C=O) groups excluding carboxylic acids is 1. The Kier molecular flexibility index (Phi) is 4.46. The molecule has 2 aromatic rings. The molecule has 1 amide bonds. The molecule has 3 N–H and O–H groups in total. The topological polar surface area (TPSA) is 68.0 Å². The number of hydrogen-bond donors (Lipinski definition) is 2. The molecule has 0 saturated carbocycles. The smallest absolute Gasteiger partial charge is 0.271 e. The summed E-state index contributed by atoms with van der Waals surface area (Å²) in [6.45, 7) is 2.52. The van der Waals surface area contributed by atoms with Crippen LogP contribution in [0.15, 0.2) is 22.9 Å². The summed E-state index contributed by atoms with van der Waals surface area (Å²) >= 11 is 3.11. The molecule has 0 saturated heterocycles. The van der Waals surface area contributed by atoms with Crippen molar-refractivity contribution < 1.29 is 4.79 Å². The Hall–Kier alpha value is -1.24. The normalized spacial score (nSPS) is 12.3. The van der Waals surface area contributed by atoms with E-state index in [0.717, 1.165) is 16.3 Å². The third-order valence-corrected chi connectivity index (χ3v) is 4.42. The Morgan fingerprint density at radius 2 is 2.39 bits per heavy atom. The molecule has 0 radical (unpaired) electrons. The number of thiazole rings is 1. The number of rotatable bonds is 5. The molecule has 1 atom stereocenters. The van der Waals surface area contributed by atoms with Crippen molar-refractivity contribution in [2.75, 3.05) is 6.54 Å². The van der Waals surface area contributed by atoms with Gasteiger partial charge >= 0.3 is 0 Å². The lowest BCUT2D eigenvalue weighted by atomic mass is 10.2. The number of aromatic nitrogens is 1. The summed E-state index contributed by atoms with van der Waals surface area (Å²) in [5, 5.41) is 7.63. The molecule has 0 aromatic carbocycles. The molecule has 2 heterocycles. The summed E-state index contributed by atoms with van der Waals surface area (Å²) in [6.07, 6.45) is 0.721. The molecule has 96 valence electrons. The molecular weight excluding hydrogens is 266 g/mol. The highest BCUT2D eigenvalue weighted by Gasteiger charge is 2.14. The Bertz CT molecular complexity index is 507. The highest BCUT2D eigenvalue weighted by molar-refractivity contribution is 7.10. The third-order valence-electron chi connectivity index (χ3n) is 2.46. The van der Waals surface area contributed by atoms with Crippen LogP contribution < -0.4 is 11.1 Å². The molecular formula is C12H15N3OS2. The van der Waals surface area contributed by atoms with E-state index in [2.05, 4.69) is 10.3 Å². The molecule has 6 heteroatoms. The van der Waals surface area contributed by atoms with Gasteiger partial charge in [-0.05, 0) is 24.9 Å². The number of nitrogens with two attached hydrogens (primary N) is 1. The molecule has 0 spiro atoms. The van der Waals surface area contributed by atoms with E-state index in [1.807, 2.05) is 24.4 Å². The Labute approximate surface area is 114 Å². The van der Waals surface area contributed by atoms with E-state index < -0.39 is 0 Å². The van der Waals surface area contributed by atoms with Crippen molar-refractivity contribution in [1.82, 2.24) is 10.3 Å². The van der Waals surface area contributed by atoms with Crippen molar-refractivity contribution in [2.24, 2.45) is 5.73 Å². The van der Waals surface area contributed by atoms with Gasteiger partial charge in [0.1, 0.15) is 5.69 Å². The number of hydrogen-bond acceptors (Lipinski definition) is 5. The third kappa shape index (κ3) is 3.16. The summed E-state index contributed by atoms with van der Waals surface area (Å²) in [4.78, 5) is 17.4. The first-order valence-corrected chi connectivity index (χ1v) is 7.45. The van der Waals surface area contributed by atoms with E-state index in [4.69, 9.17) is 5.73 Å². The number of nitrogens with one attached hydrogen (secondary N) is 1. The number of thiophene rings is 1. The molecule has 0 aliphatic heterocycles. The van der Waals surface area contributed by atoms with Gasteiger partial charge in [-0.25, -0.2) is 4.98 Å². The second-order valence-corrected chi connectivity index (χ2v) is 5.80. The lowest BCUT2D eigenvalue weighted by Crippen LogP contribution is -2.26. The van der Waals surface area contributed by atoms with Gasteiger partial charge in [0.2, 0.25) is 0 Å². The van der Waals surface area contributed by atoms with Gasteiger partial charge in [0, 0.05) is 16.7 Å². The van der Waals surface area contributed by atoms with Gasteiger partial charge in [-0.1, -0.05) is 6.07 Å². The molecule has 0 bridgehead atoms. The van der Waals surface area contributed by atoms with E-state index in [1.165, 1.54) is 11.3 Å². The second-order valence-electron chi connectivity index (χ2n) is 3.88. The first-order chi connectivity index (χ1) is 8.70. The SMILES string of the molecule is CC(NC(=O)c1csc(CCN)n1)c1cccs1. The lowest BCUT2D eigenvalue weighted by molar-refractivity contribution is 0.0936. The van der Waals surface area contributed by atoms with Crippen LogP contribution in [0.2, 0.25) is 0 Å². The van der Waals surface area contributed by atoms with Crippen LogP contribution in [0.4, 0.5) is 0 Å². The number of carbonyl (C=O) groups is 1. The van der Waals surface area contributed by atoms with Gasteiger partial charge in [0.05, 0.1) is 11.0 Å². The van der Waals surface area contributed by atoms with Crippen LogP contribution in [-0.4, -0.2) is 17.4 Å². The van der Waals surface area contributed by atoms with Crippen LogP contribution in [0.1, 0.15) is 33.3 Å². The van der Waals surface area contributed by atoms with Gasteiger partial charge in [-0.2, -0.15) is 0 Å². The predicted octanol–water partition coefficient (Wildman–Crippen LogP) is 2.20. The maximum Gasteiger partial charge on any atom is 0.271 e. The van der Waals surface area contributed by atoms with E-state index in [-0.39, 0.29) is 11.9 Å². The van der Waals surface area contributed by atoms with Gasteiger partial charge in [-0.3, -0.25) is 4.79 Å². The van der Waals surface area contributed by atoms with Gasteiger partial charge in [0.25, 0.3) is 5.91 Å². The number of nitrogens with zero attached hydrogens (tertiary/aromatic N) is 1. The summed E-state index contributed by atoms with van der Waals surface area (Å²) < 4.78 is 0. The van der Waals surface area contributed by atoms with Crippen molar-refractivity contribution in [3.63, 3.8) is 0 Å². The quantitative estimate of drug-likeness (QED) is 0.883. The van der Waals surface area contributed by atoms with Gasteiger partial charge < -0.3 is 11.1 Å². The number of amides is 1. The molecule has 0 fully saturated rings. The van der Waals surface area contributed by atoms with Crippen molar-refractivity contribution in [3.05, 3.63) is 38.5 Å². The van der Waals surface area contributed by atoms with E-state index in [1.54, 1.807) is 16.7 Å². The zero-order valence-corrected chi connectivity index (χ0v) is 11.7. The summed E-state index contributed by atoms with van der Waals surface area (Å²) in [6, 6.07) is 4.00. The van der Waals surface area contributed by atoms with Crippen LogP contribution in [0.3, 0.4) is 0 Å². The van der Waals surface area contributed by atoms with E-state index in [9.17, 15) is 4.79 Å². The molecule has 1 unspecified atom stereocenters. The first kappa shape index (κ1) is 13.2. The average molecular weight is 281 g/mol. The predicted molar refractivity (Wildman–Crippen MR) is 75.1 cm³/mol. The standard InChI is InChI=1S/C12H15N3OS2/c1-8(10-3-2-6-17-10)14-12(16)9-7-18-11(15-9)4-5-13/h2-3,6-8H,4-5,13H2,1H3,(H,14,16). The summed E-state index contributed by atoms with van der Waals surface area (Å²) in [5.74, 6) is -0.129. The van der Waals surface area contributed by atoms with Crippen molar-refractivity contribution in [2.45, 2.75) is 19.4 Å². The zero-order valence-electron chi connectivity index (χ0n) is 10.1. The minimum Gasteiger partial charge on any atom is -0.343 e. The Morgan fingerprint density at radius 3 is 3.06 bits per heavy atom. The molecule has 4 nitrogen and oxygen atoms in total. The zero-order chi connectivity index (χ0) is 13.0. The van der Waals surface area contributed by atoms with Crippen LogP contribution in [-0.2, 0) is 6.42 Å². The summed E-state index contributed by atoms with van der Waals surface area (Å²) in [5.41, 5.74) is 5.94. The maximum absolute atomic E-state index is 12.0. The molecule has 18 heavy (non-hydrogen) atoms. The molecule has 2 rings (SSSR count). The van der Waals surface area contributed by atoms with Crippen LogP contribution in [0, 0.1) is 0 Å². The minimum absolute atomic E-state index is 0.0113. The highest BCUT2D eigenvalue weighted by atomic mass is 32.1. The largest absolute Gasteiger partial charge is 0.343 e. The Morgan fingerprint density at radius 1 is 1.56 bits per heavy atom. The first-order valence-electron chi connectivity index (χ1n) is 5.69. The second kappa shape index (κ2) is 6.08. The van der Waals surface area contributed by atoms with E-state index >= 15 is 0 Å². The minimum atomic E-state index is -0.129. The van der Waals surface area contributed by atoms with Gasteiger partial charge in [0.15, 0.2) is 0 Å². The fraction of sp³-hybridized carbons (Fsp3) is 0.333. The van der Waals surface area contributed by atoms with E-state index in [0.29, 0.717) is 12.2 Å². The molecule has 0 aliphatic rings. The maximum atomic E-state index is 12.0. The van der Waals surface area contributed by atoms with Gasteiger partial charge in [-0.15, -0.1) is 22.7 Å². The molecule has 2 aromatic heterocycles. The highest BCUT2D eigenvalue weighted by Crippen LogP contribution is 2.19. The van der Waals surface area contributed by atoms with Crippen molar-refractivity contribution in [3.8, 4) is 0 Å². The fourth-order valence-corrected chi connectivity index (χ4v) is 3.06.